The van der Waals surface area contributed by atoms with E-state index in [2.05, 4.69) is 20.1 Å². The highest BCUT2D eigenvalue weighted by Gasteiger charge is 2.31. The van der Waals surface area contributed by atoms with E-state index < -0.39 is 5.60 Å². The SMILES string of the molecule is CC(C)(C)OC(=O)N1CCC[C@@H](c2nnc3n2CCNC3)C1. The highest BCUT2D eigenvalue weighted by atomic mass is 16.6. The summed E-state index contributed by atoms with van der Waals surface area (Å²) in [6.45, 7) is 9.74. The normalized spacial score (nSPS) is 22.3. The van der Waals surface area contributed by atoms with Crippen LogP contribution in [0.3, 0.4) is 0 Å². The molecule has 0 aliphatic carbocycles. The third-order valence-corrected chi connectivity index (χ3v) is 4.09. The number of ether oxygens (including phenoxy) is 1. The smallest absolute Gasteiger partial charge is 0.410 e. The summed E-state index contributed by atoms with van der Waals surface area (Å²) in [5.41, 5.74) is -0.455. The first kappa shape index (κ1) is 15.3. The molecular formula is C15H25N5O2. The zero-order valence-electron chi connectivity index (χ0n) is 13.6. The zero-order chi connectivity index (χ0) is 15.7. The van der Waals surface area contributed by atoms with Crippen molar-refractivity contribution < 1.29 is 9.53 Å². The molecule has 1 saturated heterocycles. The van der Waals surface area contributed by atoms with Gasteiger partial charge < -0.3 is 19.5 Å². The minimum Gasteiger partial charge on any atom is -0.444 e. The topological polar surface area (TPSA) is 72.3 Å². The number of carbonyl (C=O) groups is 1. The molecule has 1 aromatic rings. The quantitative estimate of drug-likeness (QED) is 0.851. The fourth-order valence-electron chi connectivity index (χ4n) is 3.10. The van der Waals surface area contributed by atoms with Crippen LogP contribution >= 0.6 is 0 Å². The van der Waals surface area contributed by atoms with Crippen molar-refractivity contribution in [1.29, 1.82) is 0 Å². The highest BCUT2D eigenvalue weighted by Crippen LogP contribution is 2.27. The van der Waals surface area contributed by atoms with Crippen LogP contribution in [0.2, 0.25) is 0 Å². The van der Waals surface area contributed by atoms with Gasteiger partial charge in [0, 0.05) is 32.1 Å². The van der Waals surface area contributed by atoms with E-state index in [-0.39, 0.29) is 12.0 Å². The molecule has 0 radical (unpaired) electrons. The number of likely N-dealkylation sites (tertiary alicyclic amines) is 1. The average molecular weight is 307 g/mol. The Morgan fingerprint density at radius 3 is 2.91 bits per heavy atom. The molecule has 122 valence electrons. The first-order chi connectivity index (χ1) is 10.4. The summed E-state index contributed by atoms with van der Waals surface area (Å²) in [4.78, 5) is 14.1. The van der Waals surface area contributed by atoms with E-state index in [9.17, 15) is 4.79 Å². The second-order valence-electron chi connectivity index (χ2n) is 7.07. The van der Waals surface area contributed by atoms with Crippen LogP contribution < -0.4 is 5.32 Å². The van der Waals surface area contributed by atoms with Gasteiger partial charge in [-0.15, -0.1) is 10.2 Å². The van der Waals surface area contributed by atoms with E-state index >= 15 is 0 Å². The van der Waals surface area contributed by atoms with Crippen molar-refractivity contribution in [2.24, 2.45) is 0 Å². The number of fused-ring (bicyclic) bond motifs is 1. The number of piperidine rings is 1. The number of hydrogen-bond acceptors (Lipinski definition) is 5. The van der Waals surface area contributed by atoms with Crippen molar-refractivity contribution in [3.05, 3.63) is 11.6 Å². The van der Waals surface area contributed by atoms with Gasteiger partial charge in [0.25, 0.3) is 0 Å². The predicted octanol–water partition coefficient (Wildman–Crippen LogP) is 1.50. The highest BCUT2D eigenvalue weighted by molar-refractivity contribution is 5.68. The molecule has 0 unspecified atom stereocenters. The molecule has 7 heteroatoms. The second kappa shape index (κ2) is 5.87. The average Bonchev–Trinajstić information content (AvgIpc) is 2.89. The molecule has 1 atom stereocenters. The van der Waals surface area contributed by atoms with Crippen molar-refractivity contribution in [2.45, 2.75) is 58.2 Å². The lowest BCUT2D eigenvalue weighted by atomic mass is 9.97. The predicted molar refractivity (Wildman–Crippen MR) is 81.5 cm³/mol. The Morgan fingerprint density at radius 2 is 2.14 bits per heavy atom. The van der Waals surface area contributed by atoms with Crippen molar-refractivity contribution in [2.75, 3.05) is 19.6 Å². The van der Waals surface area contributed by atoms with Crippen molar-refractivity contribution in [1.82, 2.24) is 25.0 Å². The Morgan fingerprint density at radius 1 is 1.32 bits per heavy atom. The molecule has 1 aromatic heterocycles. The zero-order valence-corrected chi connectivity index (χ0v) is 13.6. The Hall–Kier alpha value is -1.63. The fraction of sp³-hybridized carbons (Fsp3) is 0.800. The Balaban J connectivity index is 1.71. The molecule has 2 aliphatic heterocycles. The maximum atomic E-state index is 12.3. The van der Waals surface area contributed by atoms with Gasteiger partial charge in [-0.25, -0.2) is 4.79 Å². The van der Waals surface area contributed by atoms with E-state index in [1.165, 1.54) is 0 Å². The van der Waals surface area contributed by atoms with Crippen LogP contribution in [0.5, 0.6) is 0 Å². The van der Waals surface area contributed by atoms with Crippen molar-refractivity contribution in [3.63, 3.8) is 0 Å². The first-order valence-corrected chi connectivity index (χ1v) is 8.04. The Kier molecular flexibility index (Phi) is 4.08. The molecule has 3 rings (SSSR count). The number of hydrogen-bond donors (Lipinski definition) is 1. The number of rotatable bonds is 1. The molecule has 1 fully saturated rings. The van der Waals surface area contributed by atoms with Gasteiger partial charge in [0.15, 0.2) is 0 Å². The second-order valence-corrected chi connectivity index (χ2v) is 7.07. The molecule has 7 nitrogen and oxygen atoms in total. The van der Waals surface area contributed by atoms with Crippen molar-refractivity contribution >= 4 is 6.09 Å². The van der Waals surface area contributed by atoms with Crippen molar-refractivity contribution in [3.8, 4) is 0 Å². The maximum absolute atomic E-state index is 12.3. The van der Waals surface area contributed by atoms with Crippen LogP contribution in [-0.4, -0.2) is 51.0 Å². The summed E-state index contributed by atoms with van der Waals surface area (Å²) in [6.07, 6.45) is 1.80. The van der Waals surface area contributed by atoms with E-state index in [1.807, 2.05) is 25.7 Å². The first-order valence-electron chi connectivity index (χ1n) is 8.04. The number of aromatic nitrogens is 3. The summed E-state index contributed by atoms with van der Waals surface area (Å²) >= 11 is 0. The summed E-state index contributed by atoms with van der Waals surface area (Å²) in [5.74, 6) is 2.26. The number of nitrogens with zero attached hydrogens (tertiary/aromatic N) is 4. The molecular weight excluding hydrogens is 282 g/mol. The largest absolute Gasteiger partial charge is 0.444 e. The van der Waals surface area contributed by atoms with Crippen LogP contribution in [0.15, 0.2) is 0 Å². The Labute approximate surface area is 131 Å². The number of amides is 1. The van der Waals surface area contributed by atoms with E-state index in [4.69, 9.17) is 4.74 Å². The molecule has 0 saturated carbocycles. The molecule has 1 amide bonds. The molecule has 0 spiro atoms. The lowest BCUT2D eigenvalue weighted by Gasteiger charge is -2.34. The van der Waals surface area contributed by atoms with Gasteiger partial charge in [-0.3, -0.25) is 0 Å². The lowest BCUT2D eigenvalue weighted by molar-refractivity contribution is 0.0194. The summed E-state index contributed by atoms with van der Waals surface area (Å²) < 4.78 is 7.70. The van der Waals surface area contributed by atoms with Crippen LogP contribution in [0.1, 0.15) is 51.2 Å². The summed E-state index contributed by atoms with van der Waals surface area (Å²) in [7, 11) is 0. The maximum Gasteiger partial charge on any atom is 0.410 e. The van der Waals surface area contributed by atoms with Gasteiger partial charge in [-0.2, -0.15) is 0 Å². The van der Waals surface area contributed by atoms with Gasteiger partial charge >= 0.3 is 6.09 Å². The molecule has 2 aliphatic rings. The standard InChI is InChI=1S/C15H25N5O2/c1-15(2,3)22-14(21)19-7-4-5-11(10-19)13-18-17-12-9-16-6-8-20(12)13/h11,16H,4-10H2,1-3H3/t11-/m1/s1. The van der Waals surface area contributed by atoms with E-state index in [0.29, 0.717) is 6.54 Å². The number of nitrogens with one attached hydrogen (secondary N) is 1. The minimum absolute atomic E-state index is 0.225. The van der Waals surface area contributed by atoms with Crippen LogP contribution in [0, 0.1) is 0 Å². The monoisotopic (exact) mass is 307 g/mol. The minimum atomic E-state index is -0.455. The van der Waals surface area contributed by atoms with Crippen LogP contribution in [0.4, 0.5) is 4.79 Å². The van der Waals surface area contributed by atoms with E-state index in [0.717, 1.165) is 50.7 Å². The van der Waals surface area contributed by atoms with Gasteiger partial charge in [0.05, 0.1) is 6.54 Å². The van der Waals surface area contributed by atoms with Gasteiger partial charge in [0.2, 0.25) is 0 Å². The fourth-order valence-corrected chi connectivity index (χ4v) is 3.10. The molecule has 22 heavy (non-hydrogen) atoms. The van der Waals surface area contributed by atoms with E-state index in [1.54, 1.807) is 0 Å². The molecule has 0 bridgehead atoms. The van der Waals surface area contributed by atoms with Gasteiger partial charge in [-0.05, 0) is 33.6 Å². The van der Waals surface area contributed by atoms with Gasteiger partial charge in [0.1, 0.15) is 17.2 Å². The molecule has 1 N–H and O–H groups in total. The van der Waals surface area contributed by atoms with Crippen LogP contribution in [-0.2, 0) is 17.8 Å². The summed E-state index contributed by atoms with van der Waals surface area (Å²) in [5, 5.41) is 12.0. The molecule has 3 heterocycles. The van der Waals surface area contributed by atoms with Crippen LogP contribution in [0.25, 0.3) is 0 Å². The molecule has 0 aromatic carbocycles. The third kappa shape index (κ3) is 3.24. The van der Waals surface area contributed by atoms with Gasteiger partial charge in [-0.1, -0.05) is 0 Å². The number of carbonyl (C=O) groups excluding carboxylic acids is 1. The Bertz CT molecular complexity index is 549. The third-order valence-electron chi connectivity index (χ3n) is 4.09. The lowest BCUT2D eigenvalue weighted by Crippen LogP contribution is -2.43. The summed E-state index contributed by atoms with van der Waals surface area (Å²) in [6, 6.07) is 0.